The summed E-state index contributed by atoms with van der Waals surface area (Å²) in [6.07, 6.45) is 2.47. The van der Waals surface area contributed by atoms with Gasteiger partial charge in [-0.2, -0.15) is 0 Å². The van der Waals surface area contributed by atoms with Crippen molar-refractivity contribution in [3.8, 4) is 17.4 Å². The fraction of sp³-hybridized carbons (Fsp3) is 0.368. The second-order valence-electron chi connectivity index (χ2n) is 6.51. The Balaban J connectivity index is 1.62. The summed E-state index contributed by atoms with van der Waals surface area (Å²) >= 11 is 0. The molecule has 4 rings (SSSR count). The fourth-order valence-corrected chi connectivity index (χ4v) is 2.86. The van der Waals surface area contributed by atoms with Crippen LogP contribution in [0, 0.1) is 12.8 Å². The summed E-state index contributed by atoms with van der Waals surface area (Å²) in [6.45, 7) is 3.14. The summed E-state index contributed by atoms with van der Waals surface area (Å²) in [7, 11) is 1.64. The SMILES string of the molecule is COc1ccc(C2=NOc3cc(=O)cc(C)n3C2)cc1OCC1CC1. The van der Waals surface area contributed by atoms with E-state index in [9.17, 15) is 4.79 Å². The summed E-state index contributed by atoms with van der Waals surface area (Å²) < 4.78 is 13.2. The van der Waals surface area contributed by atoms with Crippen molar-refractivity contribution in [2.45, 2.75) is 26.3 Å². The van der Waals surface area contributed by atoms with E-state index in [0.717, 1.165) is 22.7 Å². The van der Waals surface area contributed by atoms with Crippen molar-refractivity contribution in [3.05, 3.63) is 51.8 Å². The van der Waals surface area contributed by atoms with Gasteiger partial charge in [0.2, 0.25) is 5.88 Å². The van der Waals surface area contributed by atoms with E-state index in [1.54, 1.807) is 13.2 Å². The predicted molar refractivity (Wildman–Crippen MR) is 93.8 cm³/mol. The van der Waals surface area contributed by atoms with Crippen LogP contribution in [0.5, 0.6) is 17.4 Å². The number of ether oxygens (including phenoxy) is 2. The van der Waals surface area contributed by atoms with Crippen LogP contribution in [-0.2, 0) is 6.54 Å². The Labute approximate surface area is 145 Å². The molecule has 0 spiro atoms. The molecular formula is C19H20N2O4. The summed E-state index contributed by atoms with van der Waals surface area (Å²) in [6, 6.07) is 8.80. The lowest BCUT2D eigenvalue weighted by atomic mass is 10.1. The number of aryl methyl sites for hydroxylation is 1. The summed E-state index contributed by atoms with van der Waals surface area (Å²) in [5.74, 6) is 2.56. The highest BCUT2D eigenvalue weighted by atomic mass is 16.6. The first-order valence-corrected chi connectivity index (χ1v) is 8.40. The van der Waals surface area contributed by atoms with Crippen LogP contribution in [0.3, 0.4) is 0 Å². The minimum atomic E-state index is -0.0809. The van der Waals surface area contributed by atoms with E-state index in [1.165, 1.54) is 18.9 Å². The monoisotopic (exact) mass is 340 g/mol. The number of benzene rings is 1. The van der Waals surface area contributed by atoms with E-state index < -0.39 is 0 Å². The Morgan fingerprint density at radius 3 is 2.84 bits per heavy atom. The highest BCUT2D eigenvalue weighted by molar-refractivity contribution is 6.01. The van der Waals surface area contributed by atoms with Gasteiger partial charge in [0.25, 0.3) is 0 Å². The average Bonchev–Trinajstić information content (AvgIpc) is 3.44. The molecule has 1 aromatic heterocycles. The molecule has 1 aliphatic carbocycles. The normalized spacial score (nSPS) is 15.8. The van der Waals surface area contributed by atoms with E-state index in [2.05, 4.69) is 5.16 Å². The van der Waals surface area contributed by atoms with Gasteiger partial charge < -0.3 is 18.9 Å². The molecule has 0 radical (unpaired) electrons. The topological polar surface area (TPSA) is 62.0 Å². The van der Waals surface area contributed by atoms with E-state index >= 15 is 0 Å². The van der Waals surface area contributed by atoms with Gasteiger partial charge in [0, 0.05) is 23.4 Å². The number of oxime groups is 1. The number of hydrogen-bond donors (Lipinski definition) is 0. The first-order chi connectivity index (χ1) is 12.1. The first kappa shape index (κ1) is 15.7. The molecule has 0 amide bonds. The van der Waals surface area contributed by atoms with Crippen LogP contribution in [0.25, 0.3) is 0 Å². The maximum absolute atomic E-state index is 11.6. The van der Waals surface area contributed by atoms with Crippen LogP contribution in [0.2, 0.25) is 0 Å². The fourth-order valence-electron chi connectivity index (χ4n) is 2.86. The highest BCUT2D eigenvalue weighted by Crippen LogP contribution is 2.34. The van der Waals surface area contributed by atoms with Crippen molar-refractivity contribution >= 4 is 5.71 Å². The van der Waals surface area contributed by atoms with Gasteiger partial charge in [-0.05, 0) is 43.9 Å². The molecule has 1 aromatic carbocycles. The third-order valence-electron chi connectivity index (χ3n) is 4.53. The van der Waals surface area contributed by atoms with Crippen LogP contribution in [0.1, 0.15) is 24.1 Å². The highest BCUT2D eigenvalue weighted by Gasteiger charge is 2.23. The Hall–Kier alpha value is -2.76. The van der Waals surface area contributed by atoms with Crippen molar-refractivity contribution < 1.29 is 14.3 Å². The molecule has 130 valence electrons. The van der Waals surface area contributed by atoms with Gasteiger partial charge in [0.05, 0.1) is 20.3 Å². The van der Waals surface area contributed by atoms with Crippen molar-refractivity contribution in [2.24, 2.45) is 11.1 Å². The molecule has 0 bridgehead atoms. The number of hydrogen-bond acceptors (Lipinski definition) is 5. The minimum Gasteiger partial charge on any atom is -0.493 e. The molecule has 6 nitrogen and oxygen atoms in total. The Morgan fingerprint density at radius 1 is 1.24 bits per heavy atom. The van der Waals surface area contributed by atoms with Crippen molar-refractivity contribution in [3.63, 3.8) is 0 Å². The number of fused-ring (bicyclic) bond motifs is 1. The number of nitrogens with zero attached hydrogens (tertiary/aromatic N) is 2. The van der Waals surface area contributed by atoms with Crippen LogP contribution < -0.4 is 19.7 Å². The van der Waals surface area contributed by atoms with Crippen LogP contribution in [-0.4, -0.2) is 24.0 Å². The molecule has 2 heterocycles. The van der Waals surface area contributed by atoms with Gasteiger partial charge in [-0.15, -0.1) is 0 Å². The predicted octanol–water partition coefficient (Wildman–Crippen LogP) is 2.75. The minimum absolute atomic E-state index is 0.0809. The van der Waals surface area contributed by atoms with E-state index in [0.29, 0.717) is 30.7 Å². The lowest BCUT2D eigenvalue weighted by molar-refractivity contribution is 0.280. The molecule has 1 aliphatic heterocycles. The van der Waals surface area contributed by atoms with E-state index in [1.807, 2.05) is 29.7 Å². The zero-order valence-corrected chi connectivity index (χ0v) is 14.3. The second-order valence-corrected chi connectivity index (χ2v) is 6.51. The average molecular weight is 340 g/mol. The molecule has 2 aliphatic rings. The van der Waals surface area contributed by atoms with Gasteiger partial charge in [-0.25, -0.2) is 0 Å². The van der Waals surface area contributed by atoms with Crippen LogP contribution in [0.4, 0.5) is 0 Å². The maximum atomic E-state index is 11.6. The molecule has 1 fully saturated rings. The molecule has 2 aromatic rings. The zero-order valence-electron chi connectivity index (χ0n) is 14.3. The number of rotatable bonds is 5. The first-order valence-electron chi connectivity index (χ1n) is 8.40. The Morgan fingerprint density at radius 2 is 2.08 bits per heavy atom. The van der Waals surface area contributed by atoms with E-state index in [-0.39, 0.29) is 5.43 Å². The number of methoxy groups -OCH3 is 1. The van der Waals surface area contributed by atoms with Crippen molar-refractivity contribution in [1.29, 1.82) is 0 Å². The van der Waals surface area contributed by atoms with Gasteiger partial charge >= 0.3 is 0 Å². The molecule has 1 saturated carbocycles. The Bertz CT molecular complexity index is 897. The lowest BCUT2D eigenvalue weighted by Gasteiger charge is -2.21. The molecule has 0 N–H and O–H groups in total. The van der Waals surface area contributed by atoms with Gasteiger partial charge in [-0.1, -0.05) is 5.16 Å². The van der Waals surface area contributed by atoms with Gasteiger partial charge in [0.1, 0.15) is 5.71 Å². The van der Waals surface area contributed by atoms with Crippen LogP contribution in [0.15, 0.2) is 40.3 Å². The van der Waals surface area contributed by atoms with Gasteiger partial charge in [0.15, 0.2) is 16.9 Å². The molecule has 6 heteroatoms. The smallest absolute Gasteiger partial charge is 0.233 e. The lowest BCUT2D eigenvalue weighted by Crippen LogP contribution is -2.23. The van der Waals surface area contributed by atoms with E-state index in [4.69, 9.17) is 14.3 Å². The number of pyridine rings is 1. The van der Waals surface area contributed by atoms with Gasteiger partial charge in [-0.3, -0.25) is 4.79 Å². The Kier molecular flexibility index (Phi) is 3.95. The second kappa shape index (κ2) is 6.27. The quantitative estimate of drug-likeness (QED) is 0.840. The molecule has 0 atom stereocenters. The summed E-state index contributed by atoms with van der Waals surface area (Å²) in [4.78, 5) is 17.0. The zero-order chi connectivity index (χ0) is 17.4. The molecule has 25 heavy (non-hydrogen) atoms. The largest absolute Gasteiger partial charge is 0.493 e. The third kappa shape index (κ3) is 3.24. The number of aromatic nitrogens is 1. The van der Waals surface area contributed by atoms with Crippen molar-refractivity contribution in [1.82, 2.24) is 4.57 Å². The molecule has 0 unspecified atom stereocenters. The standard InChI is InChI=1S/C19H20N2O4/c1-12-7-15(22)9-19-21(12)10-16(20-25-19)14-5-6-17(23-2)18(8-14)24-11-13-3-4-13/h5-9,13H,3-4,10-11H2,1-2H3. The molecular weight excluding hydrogens is 320 g/mol. The van der Waals surface area contributed by atoms with Crippen LogP contribution >= 0.6 is 0 Å². The van der Waals surface area contributed by atoms with Crippen molar-refractivity contribution in [2.75, 3.05) is 13.7 Å². The summed E-state index contributed by atoms with van der Waals surface area (Å²) in [5.41, 5.74) is 2.45. The summed E-state index contributed by atoms with van der Waals surface area (Å²) in [5, 5.41) is 4.19. The third-order valence-corrected chi connectivity index (χ3v) is 4.53. The maximum Gasteiger partial charge on any atom is 0.233 e. The molecule has 0 saturated heterocycles.